The number of carbonyl (C=O) groups is 1. The second kappa shape index (κ2) is 6.49. The molecule has 0 fully saturated rings. The third-order valence-corrected chi connectivity index (χ3v) is 3.52. The van der Waals surface area contributed by atoms with Crippen LogP contribution in [-0.2, 0) is 13.6 Å². The lowest BCUT2D eigenvalue weighted by atomic mass is 10.2. The van der Waals surface area contributed by atoms with Crippen molar-refractivity contribution >= 4 is 11.7 Å². The van der Waals surface area contributed by atoms with Gasteiger partial charge in [-0.3, -0.25) is 14.3 Å². The van der Waals surface area contributed by atoms with Gasteiger partial charge in [-0.05, 0) is 18.6 Å². The van der Waals surface area contributed by atoms with Gasteiger partial charge in [-0.25, -0.2) is 4.68 Å². The van der Waals surface area contributed by atoms with Crippen molar-refractivity contribution in [1.29, 1.82) is 0 Å². The first-order valence-electron chi connectivity index (χ1n) is 7.47. The molecular formula is C17H17N5O2. The van der Waals surface area contributed by atoms with Gasteiger partial charge in [-0.2, -0.15) is 10.2 Å². The molecule has 1 aromatic carbocycles. The Morgan fingerprint density at radius 3 is 2.54 bits per heavy atom. The summed E-state index contributed by atoms with van der Waals surface area (Å²) < 4.78 is 2.85. The Morgan fingerprint density at radius 2 is 1.88 bits per heavy atom. The first kappa shape index (κ1) is 15.7. The van der Waals surface area contributed by atoms with E-state index in [9.17, 15) is 9.59 Å². The minimum Gasteiger partial charge on any atom is -0.305 e. The first-order chi connectivity index (χ1) is 11.5. The number of carbonyl (C=O) groups excluding carboxylic acids is 1. The lowest BCUT2D eigenvalue weighted by Crippen LogP contribution is -2.26. The number of aryl methyl sites for hydroxylation is 2. The average Bonchev–Trinajstić information content (AvgIpc) is 2.88. The molecule has 122 valence electrons. The number of benzene rings is 1. The smallest absolute Gasteiger partial charge is 0.277 e. The molecule has 24 heavy (non-hydrogen) atoms. The van der Waals surface area contributed by atoms with Gasteiger partial charge in [0, 0.05) is 19.2 Å². The van der Waals surface area contributed by atoms with Gasteiger partial charge in [-0.1, -0.05) is 30.3 Å². The van der Waals surface area contributed by atoms with Gasteiger partial charge >= 0.3 is 0 Å². The van der Waals surface area contributed by atoms with Gasteiger partial charge in [0.05, 0.1) is 12.2 Å². The number of nitrogens with one attached hydrogen (secondary N) is 1. The Labute approximate surface area is 138 Å². The first-order valence-corrected chi connectivity index (χ1v) is 7.47. The zero-order valence-electron chi connectivity index (χ0n) is 13.4. The minimum atomic E-state index is -0.389. The monoisotopic (exact) mass is 323 g/mol. The summed E-state index contributed by atoms with van der Waals surface area (Å²) in [4.78, 5) is 24.3. The molecule has 3 rings (SSSR count). The molecule has 0 saturated heterocycles. The van der Waals surface area contributed by atoms with Crippen molar-refractivity contribution in [2.45, 2.75) is 13.5 Å². The van der Waals surface area contributed by atoms with Gasteiger partial charge in [0.2, 0.25) is 0 Å². The van der Waals surface area contributed by atoms with E-state index in [1.54, 1.807) is 17.8 Å². The van der Waals surface area contributed by atoms with Crippen LogP contribution >= 0.6 is 0 Å². The SMILES string of the molecule is Cc1cc(NC(=O)c2ccc(=O)n(Cc3ccccc3)n2)n(C)n1. The lowest BCUT2D eigenvalue weighted by molar-refractivity contribution is 0.101. The fourth-order valence-corrected chi connectivity index (χ4v) is 2.35. The Morgan fingerprint density at radius 1 is 1.12 bits per heavy atom. The van der Waals surface area contributed by atoms with Gasteiger partial charge in [-0.15, -0.1) is 0 Å². The van der Waals surface area contributed by atoms with E-state index in [0.717, 1.165) is 11.3 Å². The molecule has 2 heterocycles. The quantitative estimate of drug-likeness (QED) is 0.790. The summed E-state index contributed by atoms with van der Waals surface area (Å²) in [5, 5.41) is 11.1. The summed E-state index contributed by atoms with van der Waals surface area (Å²) >= 11 is 0. The van der Waals surface area contributed by atoms with E-state index in [-0.39, 0.29) is 17.2 Å². The molecule has 0 atom stereocenters. The maximum atomic E-state index is 12.4. The Balaban J connectivity index is 1.83. The largest absolute Gasteiger partial charge is 0.305 e. The van der Waals surface area contributed by atoms with E-state index in [4.69, 9.17) is 0 Å². The third kappa shape index (κ3) is 3.40. The molecular weight excluding hydrogens is 306 g/mol. The molecule has 1 N–H and O–H groups in total. The van der Waals surface area contributed by atoms with Crippen molar-refractivity contribution in [3.63, 3.8) is 0 Å². The molecule has 0 aliphatic carbocycles. The van der Waals surface area contributed by atoms with Crippen molar-refractivity contribution < 1.29 is 4.79 Å². The summed E-state index contributed by atoms with van der Waals surface area (Å²) in [7, 11) is 1.74. The number of hydrogen-bond donors (Lipinski definition) is 1. The van der Waals surface area contributed by atoms with Gasteiger partial charge < -0.3 is 5.32 Å². The van der Waals surface area contributed by atoms with Gasteiger partial charge in [0.1, 0.15) is 11.5 Å². The van der Waals surface area contributed by atoms with Crippen LogP contribution in [0.15, 0.2) is 53.3 Å². The molecule has 0 aliphatic rings. The molecule has 7 nitrogen and oxygen atoms in total. The molecule has 0 bridgehead atoms. The Kier molecular flexibility index (Phi) is 4.24. The lowest BCUT2D eigenvalue weighted by Gasteiger charge is -2.08. The Hall–Kier alpha value is -3.22. The fraction of sp³-hybridized carbons (Fsp3) is 0.176. The maximum Gasteiger partial charge on any atom is 0.277 e. The van der Waals surface area contributed by atoms with Crippen molar-refractivity contribution in [2.24, 2.45) is 7.05 Å². The Bertz CT molecular complexity index is 928. The topological polar surface area (TPSA) is 81.8 Å². The number of hydrogen-bond acceptors (Lipinski definition) is 4. The van der Waals surface area contributed by atoms with Crippen LogP contribution in [0.5, 0.6) is 0 Å². The van der Waals surface area contributed by atoms with Crippen LogP contribution in [0.2, 0.25) is 0 Å². The minimum absolute atomic E-state index is 0.171. The van der Waals surface area contributed by atoms with E-state index in [1.807, 2.05) is 37.3 Å². The fourth-order valence-electron chi connectivity index (χ4n) is 2.35. The van der Waals surface area contributed by atoms with Crippen molar-refractivity contribution in [2.75, 3.05) is 5.32 Å². The third-order valence-electron chi connectivity index (χ3n) is 3.52. The van der Waals surface area contributed by atoms with E-state index in [0.29, 0.717) is 12.4 Å². The van der Waals surface area contributed by atoms with Crippen LogP contribution in [0.4, 0.5) is 5.82 Å². The second-order valence-corrected chi connectivity index (χ2v) is 5.45. The van der Waals surface area contributed by atoms with Gasteiger partial charge in [0.15, 0.2) is 0 Å². The van der Waals surface area contributed by atoms with Crippen LogP contribution in [0, 0.1) is 6.92 Å². The van der Waals surface area contributed by atoms with Crippen LogP contribution in [0.25, 0.3) is 0 Å². The highest BCUT2D eigenvalue weighted by molar-refractivity contribution is 6.02. The molecule has 0 aliphatic heterocycles. The van der Waals surface area contributed by atoms with E-state index in [2.05, 4.69) is 15.5 Å². The number of nitrogens with zero attached hydrogens (tertiary/aromatic N) is 4. The number of aromatic nitrogens is 4. The molecule has 0 unspecified atom stereocenters. The summed E-state index contributed by atoms with van der Waals surface area (Å²) in [6.45, 7) is 2.15. The average molecular weight is 323 g/mol. The van der Waals surface area contributed by atoms with Crippen LogP contribution in [0.1, 0.15) is 21.7 Å². The molecule has 0 radical (unpaired) electrons. The summed E-state index contributed by atoms with van der Waals surface area (Å²) in [6, 6.07) is 14.0. The molecule has 0 spiro atoms. The molecule has 3 aromatic rings. The van der Waals surface area contributed by atoms with Crippen LogP contribution in [-0.4, -0.2) is 25.5 Å². The van der Waals surface area contributed by atoms with E-state index in [1.165, 1.54) is 16.8 Å². The summed E-state index contributed by atoms with van der Waals surface area (Å²) in [5.41, 5.74) is 1.65. The highest BCUT2D eigenvalue weighted by Gasteiger charge is 2.12. The van der Waals surface area contributed by atoms with Crippen molar-refractivity contribution in [3.05, 3.63) is 75.8 Å². The molecule has 0 saturated carbocycles. The zero-order chi connectivity index (χ0) is 17.1. The standard InChI is InChI=1S/C17H17N5O2/c1-12-10-15(21(2)19-12)18-17(24)14-8-9-16(23)22(20-14)11-13-6-4-3-5-7-13/h3-10H,11H2,1-2H3,(H,18,24). The molecule has 7 heteroatoms. The highest BCUT2D eigenvalue weighted by atomic mass is 16.2. The van der Waals surface area contributed by atoms with E-state index < -0.39 is 0 Å². The number of anilines is 1. The predicted molar refractivity (Wildman–Crippen MR) is 89.9 cm³/mol. The summed E-state index contributed by atoms with van der Waals surface area (Å²) in [6.07, 6.45) is 0. The van der Waals surface area contributed by atoms with Crippen LogP contribution in [0.3, 0.4) is 0 Å². The van der Waals surface area contributed by atoms with Gasteiger partial charge in [0.25, 0.3) is 11.5 Å². The zero-order valence-corrected chi connectivity index (χ0v) is 13.4. The maximum absolute atomic E-state index is 12.4. The predicted octanol–water partition coefficient (Wildman–Crippen LogP) is 1.59. The highest BCUT2D eigenvalue weighted by Crippen LogP contribution is 2.09. The van der Waals surface area contributed by atoms with E-state index >= 15 is 0 Å². The second-order valence-electron chi connectivity index (χ2n) is 5.45. The number of amides is 1. The van der Waals surface area contributed by atoms with Crippen molar-refractivity contribution in [1.82, 2.24) is 19.6 Å². The van der Waals surface area contributed by atoms with Crippen LogP contribution < -0.4 is 10.9 Å². The van der Waals surface area contributed by atoms with Crippen molar-refractivity contribution in [3.8, 4) is 0 Å². The number of rotatable bonds is 4. The molecule has 1 amide bonds. The summed E-state index contributed by atoms with van der Waals surface area (Å²) in [5.74, 6) is 0.180. The normalized spacial score (nSPS) is 10.6. The molecule has 2 aromatic heterocycles.